The van der Waals surface area contributed by atoms with Crippen molar-refractivity contribution < 1.29 is 9.13 Å². The Morgan fingerprint density at radius 3 is 2.61 bits per heavy atom. The van der Waals surface area contributed by atoms with Crippen molar-refractivity contribution in [1.82, 2.24) is 9.78 Å². The van der Waals surface area contributed by atoms with Crippen LogP contribution in [0.25, 0.3) is 0 Å². The predicted octanol–water partition coefficient (Wildman–Crippen LogP) is 4.74. The number of benzene rings is 1. The van der Waals surface area contributed by atoms with Gasteiger partial charge in [-0.2, -0.15) is 0 Å². The molecule has 0 unspecified atom stereocenters. The summed E-state index contributed by atoms with van der Waals surface area (Å²) in [6.45, 7) is 7.89. The Kier molecular flexibility index (Phi) is 4.42. The summed E-state index contributed by atoms with van der Waals surface area (Å²) >= 11 is 0. The molecular weight excluding hydrogens is 291 g/mol. The van der Waals surface area contributed by atoms with Crippen LogP contribution in [0.5, 0.6) is 5.88 Å². The lowest BCUT2D eigenvalue weighted by Crippen LogP contribution is -2.19. The van der Waals surface area contributed by atoms with Crippen molar-refractivity contribution in [3.63, 3.8) is 0 Å². The molecule has 1 aromatic heterocycles. The van der Waals surface area contributed by atoms with Gasteiger partial charge < -0.3 is 4.74 Å². The number of aromatic nitrogens is 2. The first kappa shape index (κ1) is 16.0. The zero-order valence-electron chi connectivity index (χ0n) is 14.4. The van der Waals surface area contributed by atoms with Gasteiger partial charge in [0, 0.05) is 17.7 Å². The lowest BCUT2D eigenvalue weighted by Gasteiger charge is -2.26. The van der Waals surface area contributed by atoms with Gasteiger partial charge in [-0.25, -0.2) is 4.39 Å². The summed E-state index contributed by atoms with van der Waals surface area (Å²) in [6.07, 6.45) is 4.36. The van der Waals surface area contributed by atoms with Crippen molar-refractivity contribution in [1.29, 1.82) is 0 Å². The molecule has 0 bridgehead atoms. The number of hydrogen-bond acceptors (Lipinski definition) is 2. The number of aryl methyl sites for hydroxylation is 1. The van der Waals surface area contributed by atoms with Crippen LogP contribution in [0.3, 0.4) is 0 Å². The van der Waals surface area contributed by atoms with Gasteiger partial charge in [0.1, 0.15) is 5.82 Å². The zero-order chi connectivity index (χ0) is 16.6. The topological polar surface area (TPSA) is 27.1 Å². The van der Waals surface area contributed by atoms with Crippen molar-refractivity contribution in [2.45, 2.75) is 65.5 Å². The van der Waals surface area contributed by atoms with Crippen molar-refractivity contribution in [2.24, 2.45) is 0 Å². The first-order valence-electron chi connectivity index (χ1n) is 8.45. The second kappa shape index (κ2) is 6.34. The van der Waals surface area contributed by atoms with E-state index in [4.69, 9.17) is 9.84 Å². The summed E-state index contributed by atoms with van der Waals surface area (Å²) in [6, 6.07) is 5.93. The molecule has 1 fully saturated rings. The zero-order valence-corrected chi connectivity index (χ0v) is 14.4. The molecule has 2 aromatic rings. The summed E-state index contributed by atoms with van der Waals surface area (Å²) in [7, 11) is 0. The summed E-state index contributed by atoms with van der Waals surface area (Å²) in [5, 5.41) is 4.71. The highest BCUT2D eigenvalue weighted by Crippen LogP contribution is 2.36. The van der Waals surface area contributed by atoms with E-state index < -0.39 is 0 Å². The Balaban J connectivity index is 1.94. The number of hydrogen-bond donors (Lipinski definition) is 0. The third-order valence-electron chi connectivity index (χ3n) is 4.62. The van der Waals surface area contributed by atoms with E-state index in [-0.39, 0.29) is 11.9 Å². The van der Waals surface area contributed by atoms with Gasteiger partial charge >= 0.3 is 0 Å². The maximum Gasteiger partial charge on any atom is 0.236 e. The van der Waals surface area contributed by atoms with Crippen molar-refractivity contribution in [3.8, 4) is 5.88 Å². The Labute approximate surface area is 137 Å². The van der Waals surface area contributed by atoms with Gasteiger partial charge in [0.25, 0.3) is 0 Å². The van der Waals surface area contributed by atoms with Gasteiger partial charge in [0.15, 0.2) is 0 Å². The molecule has 23 heavy (non-hydrogen) atoms. The van der Waals surface area contributed by atoms with Gasteiger partial charge in [-0.3, -0.25) is 4.68 Å². The Bertz CT molecular complexity index is 702. The Hall–Kier alpha value is -1.84. The SMILES string of the molecule is Cc1ccc(Cc2c(OC(C)C)nn(C3CCC3)c2C)cc1F. The molecule has 0 atom stereocenters. The molecule has 3 nitrogen and oxygen atoms in total. The van der Waals surface area contributed by atoms with E-state index in [0.717, 1.165) is 16.8 Å². The first-order valence-corrected chi connectivity index (χ1v) is 8.45. The average molecular weight is 316 g/mol. The van der Waals surface area contributed by atoms with Crippen molar-refractivity contribution in [3.05, 3.63) is 46.4 Å². The van der Waals surface area contributed by atoms with Crippen LogP contribution in [0.2, 0.25) is 0 Å². The molecule has 3 rings (SSSR count). The molecule has 124 valence electrons. The van der Waals surface area contributed by atoms with Crippen LogP contribution in [0.1, 0.15) is 61.5 Å². The third kappa shape index (κ3) is 3.26. The maximum atomic E-state index is 13.8. The average Bonchev–Trinajstić information content (AvgIpc) is 2.70. The highest BCUT2D eigenvalue weighted by molar-refractivity contribution is 5.37. The van der Waals surface area contributed by atoms with Crippen LogP contribution in [0.4, 0.5) is 4.39 Å². The smallest absolute Gasteiger partial charge is 0.236 e. The molecule has 0 saturated heterocycles. The van der Waals surface area contributed by atoms with E-state index in [9.17, 15) is 4.39 Å². The van der Waals surface area contributed by atoms with Crippen LogP contribution in [0, 0.1) is 19.7 Å². The molecule has 1 aromatic carbocycles. The van der Waals surface area contributed by atoms with E-state index in [1.165, 1.54) is 19.3 Å². The van der Waals surface area contributed by atoms with Gasteiger partial charge in [-0.05, 0) is 64.2 Å². The fraction of sp³-hybridized carbons (Fsp3) is 0.526. The monoisotopic (exact) mass is 316 g/mol. The molecule has 0 radical (unpaired) electrons. The highest BCUT2D eigenvalue weighted by Gasteiger charge is 2.26. The van der Waals surface area contributed by atoms with Crippen LogP contribution >= 0.6 is 0 Å². The molecule has 0 aliphatic heterocycles. The summed E-state index contributed by atoms with van der Waals surface area (Å²) in [5.74, 6) is 0.545. The maximum absolute atomic E-state index is 13.8. The number of halogens is 1. The van der Waals surface area contributed by atoms with E-state index in [0.29, 0.717) is 23.9 Å². The molecule has 0 amide bonds. The third-order valence-corrected chi connectivity index (χ3v) is 4.62. The molecule has 0 N–H and O–H groups in total. The molecule has 1 aliphatic carbocycles. The van der Waals surface area contributed by atoms with Crippen molar-refractivity contribution in [2.75, 3.05) is 0 Å². The highest BCUT2D eigenvalue weighted by atomic mass is 19.1. The fourth-order valence-corrected chi connectivity index (χ4v) is 2.98. The Morgan fingerprint density at radius 1 is 1.30 bits per heavy atom. The van der Waals surface area contributed by atoms with E-state index in [1.54, 1.807) is 13.0 Å². The largest absolute Gasteiger partial charge is 0.474 e. The van der Waals surface area contributed by atoms with E-state index >= 15 is 0 Å². The summed E-state index contributed by atoms with van der Waals surface area (Å²) < 4.78 is 21.9. The van der Waals surface area contributed by atoms with E-state index in [2.05, 4.69) is 11.6 Å². The predicted molar refractivity (Wildman–Crippen MR) is 89.6 cm³/mol. The first-order chi connectivity index (χ1) is 11.0. The van der Waals surface area contributed by atoms with Gasteiger partial charge in [0.2, 0.25) is 5.88 Å². The second-order valence-electron chi connectivity index (χ2n) is 6.83. The number of ether oxygens (including phenoxy) is 1. The lowest BCUT2D eigenvalue weighted by molar-refractivity contribution is 0.219. The summed E-state index contributed by atoms with van der Waals surface area (Å²) in [4.78, 5) is 0. The molecular formula is C19H25FN2O. The number of nitrogens with zero attached hydrogens (tertiary/aromatic N) is 2. The number of rotatable bonds is 5. The van der Waals surface area contributed by atoms with Crippen LogP contribution in [-0.4, -0.2) is 15.9 Å². The van der Waals surface area contributed by atoms with Gasteiger partial charge in [0.05, 0.1) is 12.1 Å². The molecule has 4 heteroatoms. The van der Waals surface area contributed by atoms with Crippen molar-refractivity contribution >= 4 is 0 Å². The quantitative estimate of drug-likeness (QED) is 0.796. The van der Waals surface area contributed by atoms with Gasteiger partial charge in [-0.1, -0.05) is 12.1 Å². The molecule has 1 heterocycles. The lowest BCUT2D eigenvalue weighted by atomic mass is 9.93. The molecule has 1 aliphatic rings. The van der Waals surface area contributed by atoms with E-state index in [1.807, 2.05) is 26.0 Å². The minimum atomic E-state index is -0.155. The molecule has 1 saturated carbocycles. The standard InChI is InChI=1S/C19H25FN2O/c1-12(2)23-19-17(10-15-9-8-13(3)18(20)11-15)14(4)22(21-19)16-6-5-7-16/h8-9,11-12,16H,5-7,10H2,1-4H3. The minimum absolute atomic E-state index is 0.0765. The second-order valence-corrected chi connectivity index (χ2v) is 6.83. The summed E-state index contributed by atoms with van der Waals surface area (Å²) in [5.41, 5.74) is 3.85. The van der Waals surface area contributed by atoms with Gasteiger partial charge in [-0.15, -0.1) is 5.10 Å². The van der Waals surface area contributed by atoms with Crippen LogP contribution < -0.4 is 4.74 Å². The normalized spacial score (nSPS) is 15.0. The minimum Gasteiger partial charge on any atom is -0.474 e. The fourth-order valence-electron chi connectivity index (χ4n) is 2.98. The molecule has 0 spiro atoms. The van der Waals surface area contributed by atoms with Crippen LogP contribution in [-0.2, 0) is 6.42 Å². The Morgan fingerprint density at radius 2 is 2.04 bits per heavy atom. The van der Waals surface area contributed by atoms with Crippen LogP contribution in [0.15, 0.2) is 18.2 Å².